The zero-order valence-corrected chi connectivity index (χ0v) is 13.1. The van der Waals surface area contributed by atoms with Crippen molar-refractivity contribution < 1.29 is 9.53 Å². The second kappa shape index (κ2) is 8.88. The quantitative estimate of drug-likeness (QED) is 0.610. The van der Waals surface area contributed by atoms with Crippen LogP contribution in [0.4, 0.5) is 0 Å². The van der Waals surface area contributed by atoms with E-state index in [1.54, 1.807) is 19.3 Å². The average Bonchev–Trinajstić information content (AvgIpc) is 2.59. The van der Waals surface area contributed by atoms with Crippen LogP contribution in [0.1, 0.15) is 24.8 Å². The minimum atomic E-state index is 0.114. The lowest BCUT2D eigenvalue weighted by atomic mass is 10.1. The number of benzene rings is 1. The minimum Gasteiger partial charge on any atom is -0.497 e. The molecule has 0 atom stereocenters. The van der Waals surface area contributed by atoms with Crippen molar-refractivity contribution in [3.8, 4) is 5.75 Å². The number of ether oxygens (including phenoxy) is 1. The summed E-state index contributed by atoms with van der Waals surface area (Å²) < 4.78 is 5.12. The number of amides is 1. The predicted octanol–water partition coefficient (Wildman–Crippen LogP) is 3.83. The number of hydrogen-bond donors (Lipinski definition) is 0. The summed E-state index contributed by atoms with van der Waals surface area (Å²) in [4.78, 5) is 13.8. The summed E-state index contributed by atoms with van der Waals surface area (Å²) in [7, 11) is 1.66. The third-order valence-electron chi connectivity index (χ3n) is 3.64. The van der Waals surface area contributed by atoms with Gasteiger partial charge < -0.3 is 9.64 Å². The van der Waals surface area contributed by atoms with E-state index in [0.717, 1.165) is 37.2 Å². The van der Waals surface area contributed by atoms with E-state index in [2.05, 4.69) is 0 Å². The third-order valence-corrected chi connectivity index (χ3v) is 3.64. The topological polar surface area (TPSA) is 29.5 Å². The number of methoxy groups -OCH3 is 1. The summed E-state index contributed by atoms with van der Waals surface area (Å²) in [6, 6.07) is 7.86. The molecule has 0 bridgehead atoms. The van der Waals surface area contributed by atoms with Crippen LogP contribution < -0.4 is 4.74 Å². The summed E-state index contributed by atoms with van der Waals surface area (Å²) in [5.74, 6) is 0.968. The van der Waals surface area contributed by atoms with Crippen molar-refractivity contribution in [3.63, 3.8) is 0 Å². The number of hydrogen-bond acceptors (Lipinski definition) is 2. The molecular weight excluding hydrogens is 274 g/mol. The first-order valence-corrected chi connectivity index (χ1v) is 7.74. The molecule has 0 saturated carbocycles. The summed E-state index contributed by atoms with van der Waals surface area (Å²) in [6.45, 7) is 1.79. The summed E-state index contributed by atoms with van der Waals surface area (Å²) in [5.41, 5.74) is 1.11. The molecule has 1 amide bonds. The molecule has 0 aromatic heterocycles. The summed E-state index contributed by atoms with van der Waals surface area (Å²) in [6.07, 6.45) is 14.7. The maximum Gasteiger partial charge on any atom is 0.246 e. The van der Waals surface area contributed by atoms with Gasteiger partial charge in [0.05, 0.1) is 7.11 Å². The molecule has 116 valence electrons. The van der Waals surface area contributed by atoms with Crippen LogP contribution in [0.5, 0.6) is 5.75 Å². The fourth-order valence-electron chi connectivity index (χ4n) is 2.37. The Balaban J connectivity index is 1.77. The Morgan fingerprint density at radius 2 is 1.68 bits per heavy atom. The molecule has 3 nitrogen and oxygen atoms in total. The van der Waals surface area contributed by atoms with Gasteiger partial charge in [0.2, 0.25) is 5.91 Å². The van der Waals surface area contributed by atoms with E-state index in [9.17, 15) is 4.79 Å². The van der Waals surface area contributed by atoms with Crippen molar-refractivity contribution in [1.29, 1.82) is 0 Å². The highest BCUT2D eigenvalue weighted by Crippen LogP contribution is 2.12. The molecule has 0 spiro atoms. The first kappa shape index (κ1) is 16.1. The Labute approximate surface area is 132 Å². The summed E-state index contributed by atoms with van der Waals surface area (Å²) in [5, 5.41) is 0. The fraction of sp³-hybridized carbons (Fsp3) is 0.316. The lowest BCUT2D eigenvalue weighted by Gasteiger charge is -2.25. The highest BCUT2D eigenvalue weighted by atomic mass is 16.5. The Morgan fingerprint density at radius 3 is 2.36 bits per heavy atom. The number of piperidine rings is 1. The Bertz CT molecular complexity index is 549. The van der Waals surface area contributed by atoms with Gasteiger partial charge in [-0.2, -0.15) is 0 Å². The highest BCUT2D eigenvalue weighted by molar-refractivity contribution is 5.87. The van der Waals surface area contributed by atoms with Gasteiger partial charge in [0.15, 0.2) is 0 Å². The minimum absolute atomic E-state index is 0.114. The van der Waals surface area contributed by atoms with Crippen LogP contribution in [0, 0.1) is 0 Å². The van der Waals surface area contributed by atoms with E-state index in [4.69, 9.17) is 4.74 Å². The number of likely N-dealkylation sites (tertiary alicyclic amines) is 1. The number of carbonyl (C=O) groups is 1. The lowest BCUT2D eigenvalue weighted by molar-refractivity contribution is -0.126. The van der Waals surface area contributed by atoms with Crippen LogP contribution in [0.3, 0.4) is 0 Å². The average molecular weight is 297 g/mol. The molecule has 3 heteroatoms. The van der Waals surface area contributed by atoms with Crippen molar-refractivity contribution in [2.75, 3.05) is 20.2 Å². The molecule has 1 aliphatic rings. The Kier molecular flexibility index (Phi) is 6.49. The van der Waals surface area contributed by atoms with Gasteiger partial charge in [-0.15, -0.1) is 0 Å². The normalized spacial score (nSPS) is 16.0. The molecular formula is C19H23NO2. The summed E-state index contributed by atoms with van der Waals surface area (Å²) >= 11 is 0. The Hall–Kier alpha value is -2.29. The monoisotopic (exact) mass is 297 g/mol. The van der Waals surface area contributed by atoms with Crippen molar-refractivity contribution in [2.24, 2.45) is 0 Å². The van der Waals surface area contributed by atoms with E-state index in [0.29, 0.717) is 0 Å². The van der Waals surface area contributed by atoms with Gasteiger partial charge in [-0.3, -0.25) is 4.79 Å². The van der Waals surface area contributed by atoms with Gasteiger partial charge in [0.25, 0.3) is 0 Å². The standard InChI is InChI=1S/C19H23NO2/c1-22-18-13-11-17(12-14-18)9-5-2-3-6-10-19(21)20-15-7-4-8-16-20/h2-3,5-6,9-14H,4,7-8,15-16H2,1H3/b3-2+,9-5+,10-6+. The fourth-order valence-corrected chi connectivity index (χ4v) is 2.37. The zero-order valence-electron chi connectivity index (χ0n) is 13.1. The van der Waals surface area contributed by atoms with Crippen molar-refractivity contribution in [2.45, 2.75) is 19.3 Å². The molecule has 22 heavy (non-hydrogen) atoms. The van der Waals surface area contributed by atoms with Crippen molar-refractivity contribution >= 4 is 12.0 Å². The number of rotatable bonds is 5. The van der Waals surface area contributed by atoms with E-state index in [1.807, 2.05) is 53.5 Å². The second-order valence-electron chi connectivity index (χ2n) is 5.26. The van der Waals surface area contributed by atoms with Crippen LogP contribution in [-0.4, -0.2) is 31.0 Å². The Morgan fingerprint density at radius 1 is 1.00 bits per heavy atom. The molecule has 0 N–H and O–H groups in total. The number of allylic oxidation sites excluding steroid dienone is 4. The first-order chi connectivity index (χ1) is 10.8. The molecule has 1 aromatic rings. The molecule has 1 fully saturated rings. The van der Waals surface area contributed by atoms with Crippen molar-refractivity contribution in [3.05, 3.63) is 60.2 Å². The predicted molar refractivity (Wildman–Crippen MR) is 90.7 cm³/mol. The highest BCUT2D eigenvalue weighted by Gasteiger charge is 2.12. The van der Waals surface area contributed by atoms with Crippen molar-refractivity contribution in [1.82, 2.24) is 4.90 Å². The molecule has 0 radical (unpaired) electrons. The zero-order chi connectivity index (χ0) is 15.6. The van der Waals surface area contributed by atoms with Crippen LogP contribution in [0.15, 0.2) is 54.6 Å². The van der Waals surface area contributed by atoms with Crippen LogP contribution in [0.2, 0.25) is 0 Å². The molecule has 1 aromatic carbocycles. The second-order valence-corrected chi connectivity index (χ2v) is 5.26. The van der Waals surface area contributed by atoms with Gasteiger partial charge in [0, 0.05) is 19.2 Å². The smallest absolute Gasteiger partial charge is 0.246 e. The van der Waals surface area contributed by atoms with Gasteiger partial charge in [-0.1, -0.05) is 42.5 Å². The van der Waals surface area contributed by atoms with E-state index in [-0.39, 0.29) is 5.91 Å². The third kappa shape index (κ3) is 5.24. The maximum absolute atomic E-state index is 11.9. The van der Waals surface area contributed by atoms with Gasteiger partial charge in [-0.05, 0) is 37.0 Å². The maximum atomic E-state index is 11.9. The molecule has 2 rings (SSSR count). The van der Waals surface area contributed by atoms with Gasteiger partial charge in [0.1, 0.15) is 5.75 Å². The first-order valence-electron chi connectivity index (χ1n) is 7.74. The lowest BCUT2D eigenvalue weighted by Crippen LogP contribution is -2.34. The molecule has 1 aliphatic heterocycles. The van der Waals surface area contributed by atoms with Gasteiger partial charge >= 0.3 is 0 Å². The molecule has 1 saturated heterocycles. The number of carbonyl (C=O) groups excluding carboxylic acids is 1. The van der Waals surface area contributed by atoms with E-state index >= 15 is 0 Å². The van der Waals surface area contributed by atoms with Crippen LogP contribution in [-0.2, 0) is 4.79 Å². The largest absolute Gasteiger partial charge is 0.497 e. The molecule has 0 unspecified atom stereocenters. The van der Waals surface area contributed by atoms with Gasteiger partial charge in [-0.25, -0.2) is 0 Å². The molecule has 0 aliphatic carbocycles. The number of nitrogens with zero attached hydrogens (tertiary/aromatic N) is 1. The SMILES string of the molecule is COc1ccc(/C=C/C=C/C=C/C(=O)N2CCCCC2)cc1. The molecule has 1 heterocycles. The van der Waals surface area contributed by atoms with Crippen LogP contribution in [0.25, 0.3) is 6.08 Å². The van der Waals surface area contributed by atoms with E-state index < -0.39 is 0 Å². The van der Waals surface area contributed by atoms with Crippen LogP contribution >= 0.6 is 0 Å². The van der Waals surface area contributed by atoms with E-state index in [1.165, 1.54) is 6.42 Å².